The molecule has 5 heteroatoms. The zero-order chi connectivity index (χ0) is 30.8. The number of likely N-dealkylation sites (N-methyl/N-ethyl adjacent to an activating group) is 1. The van der Waals surface area contributed by atoms with Crippen molar-refractivity contribution in [2.75, 3.05) is 39.8 Å². The van der Waals surface area contributed by atoms with Crippen LogP contribution in [0.1, 0.15) is 107 Å². The average molecular weight is 584 g/mol. The van der Waals surface area contributed by atoms with Gasteiger partial charge in [0.25, 0.3) is 0 Å². The number of carbonyl (C=O) groups is 1. The van der Waals surface area contributed by atoms with Gasteiger partial charge in [0.2, 0.25) is 0 Å². The van der Waals surface area contributed by atoms with Gasteiger partial charge in [-0.3, -0.25) is 4.79 Å². The summed E-state index contributed by atoms with van der Waals surface area (Å²) < 4.78 is 6.25. The molecule has 4 aliphatic carbocycles. The minimum Gasteiger partial charge on any atom is -0.377 e. The molecule has 42 heavy (non-hydrogen) atoms. The van der Waals surface area contributed by atoms with E-state index in [9.17, 15) is 4.79 Å². The molecular weight excluding hydrogens is 518 g/mol. The van der Waals surface area contributed by atoms with Crippen LogP contribution < -0.4 is 11.1 Å². The van der Waals surface area contributed by atoms with Crippen LogP contribution in [0.3, 0.4) is 0 Å². The smallest absolute Gasteiger partial charge is 0.155 e. The predicted octanol–water partition coefficient (Wildman–Crippen LogP) is 7.02. The Morgan fingerprint density at radius 2 is 1.81 bits per heavy atom. The Bertz CT molecular complexity index is 1000. The summed E-state index contributed by atoms with van der Waals surface area (Å²) in [7, 11) is 1.88. The van der Waals surface area contributed by atoms with Gasteiger partial charge in [0.05, 0.1) is 6.10 Å². The average Bonchev–Trinajstić information content (AvgIpc) is 3.23. The quantitative estimate of drug-likeness (QED) is 0.191. The number of carbonyl (C=O) groups excluding carboxylic acids is 1. The lowest BCUT2D eigenvalue weighted by molar-refractivity contribution is -0.156. The summed E-state index contributed by atoms with van der Waals surface area (Å²) >= 11 is 0. The van der Waals surface area contributed by atoms with Gasteiger partial charge < -0.3 is 20.7 Å². The van der Waals surface area contributed by atoms with Crippen molar-refractivity contribution < 1.29 is 9.53 Å². The van der Waals surface area contributed by atoms with Crippen molar-refractivity contribution in [2.24, 2.45) is 52.1 Å². The molecule has 3 N–H and O–H groups in total. The summed E-state index contributed by atoms with van der Waals surface area (Å²) in [6.45, 7) is 23.7. The van der Waals surface area contributed by atoms with Crippen LogP contribution in [0.2, 0.25) is 0 Å². The van der Waals surface area contributed by atoms with Gasteiger partial charge in [-0.2, -0.15) is 0 Å². The fourth-order valence-corrected chi connectivity index (χ4v) is 11.1. The molecule has 0 bridgehead atoms. The van der Waals surface area contributed by atoms with E-state index >= 15 is 0 Å². The molecule has 4 saturated carbocycles. The number of nitrogens with two attached hydrogens (primary N) is 1. The third-order valence-corrected chi connectivity index (χ3v) is 13.0. The summed E-state index contributed by atoms with van der Waals surface area (Å²) in [5, 5.41) is 4.00. The first kappa shape index (κ1) is 33.9. The molecule has 4 fully saturated rings. The van der Waals surface area contributed by atoms with Gasteiger partial charge in [0.1, 0.15) is 0 Å². The van der Waals surface area contributed by atoms with Crippen LogP contribution in [0, 0.1) is 46.3 Å². The molecule has 0 heterocycles. The standard InChI is InChI=1S/C37H65N3O2/c1-10-40(20-18-38)21-19-39-32-16-17-36(7)29(26(32)5)14-15-30-35(36)25(4)22-31-34(33(42-9)23-37(30,31)8)28(27(6)41)13-11-12-24(2)3/h12,25-26,29-33,35,39H,10-11,13-23,38H2,1-9H3/b34-28-/t25?,26-,29?,30?,31?,32?,33?,35?,36?,37?/m0/s1. The second-order valence-electron chi connectivity index (χ2n) is 15.5. The highest BCUT2D eigenvalue weighted by atomic mass is 16.5. The maximum atomic E-state index is 13.1. The summed E-state index contributed by atoms with van der Waals surface area (Å²) in [6, 6.07) is 0.622. The highest BCUT2D eigenvalue weighted by Crippen LogP contribution is 2.70. The predicted molar refractivity (Wildman–Crippen MR) is 176 cm³/mol. The van der Waals surface area contributed by atoms with Gasteiger partial charge in [0, 0.05) is 39.3 Å². The molecule has 9 unspecified atom stereocenters. The van der Waals surface area contributed by atoms with Crippen LogP contribution in [0.25, 0.3) is 0 Å². The summed E-state index contributed by atoms with van der Waals surface area (Å²) in [4.78, 5) is 15.6. The topological polar surface area (TPSA) is 67.6 Å². The Morgan fingerprint density at radius 3 is 2.43 bits per heavy atom. The molecule has 5 nitrogen and oxygen atoms in total. The van der Waals surface area contributed by atoms with E-state index in [2.05, 4.69) is 64.8 Å². The fourth-order valence-electron chi connectivity index (χ4n) is 11.1. The van der Waals surface area contributed by atoms with E-state index in [0.29, 0.717) is 35.1 Å². The molecule has 4 aliphatic rings. The van der Waals surface area contributed by atoms with Crippen LogP contribution in [-0.4, -0.2) is 62.7 Å². The maximum Gasteiger partial charge on any atom is 0.155 e. The Labute approximate surface area is 258 Å². The van der Waals surface area contributed by atoms with E-state index in [0.717, 1.165) is 69.4 Å². The number of methoxy groups -OCH3 is 1. The molecule has 0 amide bonds. The number of rotatable bonds is 12. The van der Waals surface area contributed by atoms with Gasteiger partial charge in [-0.1, -0.05) is 46.3 Å². The SMILES string of the molecule is CCN(CCN)CCNC1CCC2(C)C3C(C)CC4/C(=C(\CCC=C(C)C)C(C)=O)C(OC)CC4(C)C3CCC2[C@@H]1C. The highest BCUT2D eigenvalue weighted by molar-refractivity contribution is 5.94. The van der Waals surface area contributed by atoms with E-state index in [4.69, 9.17) is 10.5 Å². The molecule has 240 valence electrons. The Balaban J connectivity index is 1.56. The van der Waals surface area contributed by atoms with Crippen molar-refractivity contribution in [2.45, 2.75) is 119 Å². The lowest BCUT2D eigenvalue weighted by atomic mass is 9.40. The zero-order valence-electron chi connectivity index (χ0n) is 28.7. The molecule has 0 saturated heterocycles. The number of fused-ring (bicyclic) bond motifs is 5. The number of Topliss-reactive ketones (excluding diaryl/α,β-unsaturated/α-hetero) is 1. The van der Waals surface area contributed by atoms with Crippen molar-refractivity contribution in [3.8, 4) is 0 Å². The van der Waals surface area contributed by atoms with E-state index < -0.39 is 0 Å². The van der Waals surface area contributed by atoms with Crippen LogP contribution in [0.4, 0.5) is 0 Å². The number of allylic oxidation sites excluding steroid dienone is 3. The monoisotopic (exact) mass is 584 g/mol. The molecular formula is C37H65N3O2. The van der Waals surface area contributed by atoms with Gasteiger partial charge in [-0.25, -0.2) is 0 Å². The van der Waals surface area contributed by atoms with Crippen molar-refractivity contribution >= 4 is 5.78 Å². The van der Waals surface area contributed by atoms with Crippen molar-refractivity contribution in [1.82, 2.24) is 10.2 Å². The molecule has 0 aromatic heterocycles. The molecule has 0 aliphatic heterocycles. The Hall–Kier alpha value is -1.01. The molecule has 0 radical (unpaired) electrons. The van der Waals surface area contributed by atoms with E-state index in [1.54, 1.807) is 6.92 Å². The maximum absolute atomic E-state index is 13.1. The molecule has 0 aromatic carbocycles. The fraction of sp³-hybridized carbons (Fsp3) is 0.865. The van der Waals surface area contributed by atoms with E-state index in [1.165, 1.54) is 43.3 Å². The third-order valence-electron chi connectivity index (χ3n) is 13.0. The Morgan fingerprint density at radius 1 is 1.10 bits per heavy atom. The molecule has 4 rings (SSSR count). The Kier molecular flexibility index (Phi) is 11.3. The first-order chi connectivity index (χ1) is 19.9. The molecule has 0 aromatic rings. The summed E-state index contributed by atoms with van der Waals surface area (Å²) in [6.07, 6.45) is 11.7. The van der Waals surface area contributed by atoms with Crippen LogP contribution in [-0.2, 0) is 9.53 Å². The van der Waals surface area contributed by atoms with Crippen molar-refractivity contribution in [1.29, 1.82) is 0 Å². The largest absolute Gasteiger partial charge is 0.377 e. The zero-order valence-corrected chi connectivity index (χ0v) is 28.7. The summed E-state index contributed by atoms with van der Waals surface area (Å²) in [5.41, 5.74) is 10.2. The first-order valence-corrected chi connectivity index (χ1v) is 17.5. The lowest BCUT2D eigenvalue weighted by Crippen LogP contribution is -2.60. The minimum absolute atomic E-state index is 0.0860. The van der Waals surface area contributed by atoms with E-state index in [1.807, 2.05) is 7.11 Å². The molecule has 10 atom stereocenters. The van der Waals surface area contributed by atoms with Crippen molar-refractivity contribution in [3.63, 3.8) is 0 Å². The first-order valence-electron chi connectivity index (χ1n) is 17.5. The number of hydrogen-bond donors (Lipinski definition) is 2. The third kappa shape index (κ3) is 6.37. The number of nitrogens with zero attached hydrogens (tertiary/aromatic N) is 1. The van der Waals surface area contributed by atoms with Gasteiger partial charge in [0.15, 0.2) is 5.78 Å². The number of ketones is 1. The normalized spacial score (nSPS) is 40.7. The summed E-state index contributed by atoms with van der Waals surface area (Å²) in [5.74, 6) is 4.35. The number of nitrogens with one attached hydrogen (secondary N) is 1. The van der Waals surface area contributed by atoms with Crippen LogP contribution in [0.15, 0.2) is 22.8 Å². The van der Waals surface area contributed by atoms with Gasteiger partial charge >= 0.3 is 0 Å². The highest BCUT2D eigenvalue weighted by Gasteiger charge is 2.64. The van der Waals surface area contributed by atoms with Gasteiger partial charge in [-0.15, -0.1) is 0 Å². The van der Waals surface area contributed by atoms with E-state index in [-0.39, 0.29) is 17.3 Å². The van der Waals surface area contributed by atoms with Crippen LogP contribution in [0.5, 0.6) is 0 Å². The second kappa shape index (κ2) is 14.0. The second-order valence-corrected chi connectivity index (χ2v) is 15.5. The van der Waals surface area contributed by atoms with Crippen LogP contribution >= 0.6 is 0 Å². The molecule has 0 spiro atoms. The minimum atomic E-state index is 0.0860. The number of hydrogen-bond acceptors (Lipinski definition) is 5. The number of ether oxygens (including phenoxy) is 1. The van der Waals surface area contributed by atoms with Gasteiger partial charge in [-0.05, 0) is 136 Å². The van der Waals surface area contributed by atoms with Crippen molar-refractivity contribution in [3.05, 3.63) is 22.8 Å². The lowest BCUT2D eigenvalue weighted by Gasteiger charge is -2.65.